The van der Waals surface area contributed by atoms with Gasteiger partial charge < -0.3 is 0 Å². The van der Waals surface area contributed by atoms with Gasteiger partial charge in [-0.2, -0.15) is 10.5 Å². The Kier molecular flexibility index (Phi) is 3.96. The predicted octanol–water partition coefficient (Wildman–Crippen LogP) is 3.12. The molecule has 0 heterocycles. The first kappa shape index (κ1) is 12.9. The van der Waals surface area contributed by atoms with E-state index >= 15 is 0 Å². The zero-order valence-electron chi connectivity index (χ0n) is 9.08. The van der Waals surface area contributed by atoms with Crippen molar-refractivity contribution in [1.29, 1.82) is 10.5 Å². The standard InChI is InChI=1S/C13H10F2N2/c1-2-6-13(8-16,9-17)7-10-4-3-5-11(14)12(10)15/h2-5H,1,6-7H2. The summed E-state index contributed by atoms with van der Waals surface area (Å²) in [6.07, 6.45) is 1.37. The van der Waals surface area contributed by atoms with Gasteiger partial charge in [-0.15, -0.1) is 6.58 Å². The molecule has 86 valence electrons. The van der Waals surface area contributed by atoms with Crippen molar-refractivity contribution in [3.05, 3.63) is 48.1 Å². The van der Waals surface area contributed by atoms with Crippen LogP contribution in [0.5, 0.6) is 0 Å². The van der Waals surface area contributed by atoms with Gasteiger partial charge in [-0.05, 0) is 18.1 Å². The fourth-order valence-electron chi connectivity index (χ4n) is 1.52. The van der Waals surface area contributed by atoms with Crippen LogP contribution in [0.1, 0.15) is 12.0 Å². The number of hydrogen-bond donors (Lipinski definition) is 0. The van der Waals surface area contributed by atoms with Crippen molar-refractivity contribution in [1.82, 2.24) is 0 Å². The molecule has 0 unspecified atom stereocenters. The van der Waals surface area contributed by atoms with E-state index in [0.717, 1.165) is 6.07 Å². The van der Waals surface area contributed by atoms with Crippen molar-refractivity contribution in [2.24, 2.45) is 5.41 Å². The van der Waals surface area contributed by atoms with Gasteiger partial charge in [0.05, 0.1) is 12.1 Å². The van der Waals surface area contributed by atoms with Crippen LogP contribution in [0.2, 0.25) is 0 Å². The fraction of sp³-hybridized carbons (Fsp3) is 0.231. The molecule has 0 saturated carbocycles. The summed E-state index contributed by atoms with van der Waals surface area (Å²) in [5.41, 5.74) is -1.37. The van der Waals surface area contributed by atoms with Crippen LogP contribution in [0.3, 0.4) is 0 Å². The number of benzene rings is 1. The van der Waals surface area contributed by atoms with E-state index in [-0.39, 0.29) is 18.4 Å². The minimum atomic E-state index is -1.39. The largest absolute Gasteiger partial charge is 0.204 e. The molecule has 0 aliphatic carbocycles. The summed E-state index contributed by atoms with van der Waals surface area (Å²) in [7, 11) is 0. The molecule has 0 aromatic heterocycles. The van der Waals surface area contributed by atoms with Gasteiger partial charge in [0, 0.05) is 6.42 Å². The van der Waals surface area contributed by atoms with Crippen molar-refractivity contribution in [2.45, 2.75) is 12.8 Å². The Morgan fingerprint density at radius 2 is 1.94 bits per heavy atom. The summed E-state index contributed by atoms with van der Waals surface area (Å²) in [4.78, 5) is 0. The lowest BCUT2D eigenvalue weighted by molar-refractivity contribution is 0.469. The van der Waals surface area contributed by atoms with Crippen LogP contribution < -0.4 is 0 Å². The van der Waals surface area contributed by atoms with Gasteiger partial charge in [-0.25, -0.2) is 8.78 Å². The van der Waals surface area contributed by atoms with Gasteiger partial charge >= 0.3 is 0 Å². The zero-order chi connectivity index (χ0) is 12.9. The maximum Gasteiger partial charge on any atom is 0.162 e. The highest BCUT2D eigenvalue weighted by atomic mass is 19.2. The molecule has 1 rings (SSSR count). The number of nitrogens with zero attached hydrogens (tertiary/aromatic N) is 2. The summed E-state index contributed by atoms with van der Waals surface area (Å²) < 4.78 is 26.4. The number of halogens is 2. The lowest BCUT2D eigenvalue weighted by Gasteiger charge is -2.16. The topological polar surface area (TPSA) is 47.6 Å². The van der Waals surface area contributed by atoms with E-state index in [1.165, 1.54) is 18.2 Å². The Morgan fingerprint density at radius 1 is 1.29 bits per heavy atom. The quantitative estimate of drug-likeness (QED) is 0.749. The first-order chi connectivity index (χ1) is 8.08. The Labute approximate surface area is 98.4 Å². The molecular weight excluding hydrogens is 222 g/mol. The lowest BCUT2D eigenvalue weighted by Crippen LogP contribution is -2.19. The highest BCUT2D eigenvalue weighted by Crippen LogP contribution is 2.28. The molecule has 2 nitrogen and oxygen atoms in total. The van der Waals surface area contributed by atoms with Crippen LogP contribution in [-0.2, 0) is 6.42 Å². The van der Waals surface area contributed by atoms with E-state index in [9.17, 15) is 8.78 Å². The van der Waals surface area contributed by atoms with E-state index in [1.807, 2.05) is 12.1 Å². The van der Waals surface area contributed by atoms with Gasteiger partial charge in [0.1, 0.15) is 0 Å². The molecule has 0 spiro atoms. The minimum absolute atomic E-state index is 0.0231. The molecule has 0 atom stereocenters. The van der Waals surface area contributed by atoms with Crippen LogP contribution in [0.4, 0.5) is 8.78 Å². The number of allylic oxidation sites excluding steroid dienone is 1. The maximum absolute atomic E-state index is 13.4. The third-order valence-corrected chi connectivity index (χ3v) is 2.44. The Balaban J connectivity index is 3.12. The van der Waals surface area contributed by atoms with Gasteiger partial charge in [0.2, 0.25) is 0 Å². The van der Waals surface area contributed by atoms with Crippen LogP contribution in [0, 0.1) is 39.7 Å². The highest BCUT2D eigenvalue weighted by Gasteiger charge is 2.30. The smallest absolute Gasteiger partial charge is 0.162 e. The Hall–Kier alpha value is -2.20. The van der Waals surface area contributed by atoms with Crippen molar-refractivity contribution < 1.29 is 8.78 Å². The highest BCUT2D eigenvalue weighted by molar-refractivity contribution is 5.27. The third-order valence-electron chi connectivity index (χ3n) is 2.44. The van der Waals surface area contributed by atoms with E-state index in [0.29, 0.717) is 0 Å². The monoisotopic (exact) mass is 232 g/mol. The normalized spacial score (nSPS) is 10.4. The van der Waals surface area contributed by atoms with Crippen LogP contribution in [-0.4, -0.2) is 0 Å². The fourth-order valence-corrected chi connectivity index (χ4v) is 1.52. The zero-order valence-corrected chi connectivity index (χ0v) is 9.08. The van der Waals surface area contributed by atoms with Gasteiger partial charge in [0.25, 0.3) is 0 Å². The molecule has 0 radical (unpaired) electrons. The van der Waals surface area contributed by atoms with Crippen LogP contribution in [0.15, 0.2) is 30.9 Å². The molecule has 0 amide bonds. The summed E-state index contributed by atoms with van der Waals surface area (Å²) in [6.45, 7) is 3.45. The molecule has 0 saturated heterocycles. The minimum Gasteiger partial charge on any atom is -0.204 e. The SMILES string of the molecule is C=CCC(C#N)(C#N)Cc1cccc(F)c1F. The summed E-state index contributed by atoms with van der Waals surface area (Å²) >= 11 is 0. The first-order valence-corrected chi connectivity index (χ1v) is 4.95. The molecule has 0 aliphatic heterocycles. The second-order valence-corrected chi connectivity index (χ2v) is 3.69. The molecule has 0 bridgehead atoms. The van der Waals surface area contributed by atoms with Crippen molar-refractivity contribution >= 4 is 0 Å². The second kappa shape index (κ2) is 5.23. The molecule has 0 fully saturated rings. The van der Waals surface area contributed by atoms with E-state index in [2.05, 4.69) is 6.58 Å². The van der Waals surface area contributed by atoms with E-state index < -0.39 is 17.0 Å². The summed E-state index contributed by atoms with van der Waals surface area (Å²) in [6, 6.07) is 7.39. The molecule has 17 heavy (non-hydrogen) atoms. The average Bonchev–Trinajstić information content (AvgIpc) is 2.34. The summed E-state index contributed by atoms with van der Waals surface area (Å²) in [5, 5.41) is 18.0. The van der Waals surface area contributed by atoms with E-state index in [1.54, 1.807) is 0 Å². The van der Waals surface area contributed by atoms with Gasteiger partial charge in [-0.3, -0.25) is 0 Å². The first-order valence-electron chi connectivity index (χ1n) is 4.95. The van der Waals surface area contributed by atoms with Crippen LogP contribution in [0.25, 0.3) is 0 Å². The molecule has 0 aliphatic rings. The number of nitriles is 2. The maximum atomic E-state index is 13.4. The van der Waals surface area contributed by atoms with Crippen molar-refractivity contribution in [2.75, 3.05) is 0 Å². The lowest BCUT2D eigenvalue weighted by atomic mass is 9.81. The number of rotatable bonds is 4. The predicted molar refractivity (Wildman–Crippen MR) is 58.5 cm³/mol. The van der Waals surface area contributed by atoms with E-state index in [4.69, 9.17) is 10.5 Å². The third kappa shape index (κ3) is 2.68. The van der Waals surface area contributed by atoms with Crippen molar-refractivity contribution in [3.8, 4) is 12.1 Å². The van der Waals surface area contributed by atoms with Gasteiger partial charge in [0.15, 0.2) is 17.0 Å². The molecule has 0 N–H and O–H groups in total. The average molecular weight is 232 g/mol. The Morgan fingerprint density at radius 3 is 2.47 bits per heavy atom. The molecule has 4 heteroatoms. The molecular formula is C13H10F2N2. The second-order valence-electron chi connectivity index (χ2n) is 3.69. The molecule has 1 aromatic rings. The number of hydrogen-bond acceptors (Lipinski definition) is 2. The van der Waals surface area contributed by atoms with Crippen LogP contribution >= 0.6 is 0 Å². The Bertz CT molecular complexity index is 495. The van der Waals surface area contributed by atoms with Gasteiger partial charge in [-0.1, -0.05) is 18.2 Å². The summed E-state index contributed by atoms with van der Waals surface area (Å²) in [5.74, 6) is -1.99. The molecule has 1 aromatic carbocycles. The van der Waals surface area contributed by atoms with Crippen molar-refractivity contribution in [3.63, 3.8) is 0 Å².